The van der Waals surface area contributed by atoms with Crippen LogP contribution in [0.2, 0.25) is 0 Å². The van der Waals surface area contributed by atoms with Crippen molar-refractivity contribution in [3.05, 3.63) is 42.4 Å². The molecule has 0 atom stereocenters. The van der Waals surface area contributed by atoms with Crippen LogP contribution >= 0.6 is 0 Å². The first-order valence-electron chi connectivity index (χ1n) is 4.26. The monoisotopic (exact) mass is 172 g/mol. The second-order valence-corrected chi connectivity index (χ2v) is 3.08. The molecule has 0 saturated heterocycles. The van der Waals surface area contributed by atoms with Crippen LogP contribution in [-0.2, 0) is 6.42 Å². The van der Waals surface area contributed by atoms with Gasteiger partial charge in [0.25, 0.3) is 0 Å². The van der Waals surface area contributed by atoms with E-state index in [9.17, 15) is 0 Å². The van der Waals surface area contributed by atoms with Gasteiger partial charge in [-0.3, -0.25) is 0 Å². The molecule has 0 N–H and O–H groups in total. The number of ether oxygens (including phenoxy) is 1. The van der Waals surface area contributed by atoms with Crippen LogP contribution in [-0.4, -0.2) is 0 Å². The summed E-state index contributed by atoms with van der Waals surface area (Å²) < 4.78 is 10.7. The number of hydrogen-bond donors (Lipinski definition) is 0. The molecule has 1 aromatic heterocycles. The summed E-state index contributed by atoms with van der Waals surface area (Å²) in [6, 6.07) is 5.97. The van der Waals surface area contributed by atoms with E-state index in [1.807, 2.05) is 24.3 Å². The van der Waals surface area contributed by atoms with E-state index in [4.69, 9.17) is 9.15 Å². The average molecular weight is 172 g/mol. The standard InChI is InChI=1S/C11H8O2/c1-2-8-3-4-10-9(5-7-12-10)11(8)13-6-1/h1,3-7H,2H2. The minimum Gasteiger partial charge on any atom is -0.464 e. The summed E-state index contributed by atoms with van der Waals surface area (Å²) in [5.41, 5.74) is 2.10. The second kappa shape index (κ2) is 2.39. The van der Waals surface area contributed by atoms with Gasteiger partial charge in [-0.05, 0) is 30.2 Å². The second-order valence-electron chi connectivity index (χ2n) is 3.08. The van der Waals surface area contributed by atoms with Gasteiger partial charge in [0.2, 0.25) is 0 Å². The van der Waals surface area contributed by atoms with Crippen molar-refractivity contribution in [1.29, 1.82) is 0 Å². The molecule has 1 aromatic carbocycles. The first kappa shape index (κ1) is 6.78. The molecule has 0 amide bonds. The Morgan fingerprint density at radius 1 is 1.15 bits per heavy atom. The van der Waals surface area contributed by atoms with Gasteiger partial charge >= 0.3 is 0 Å². The summed E-state index contributed by atoms with van der Waals surface area (Å²) in [5, 5.41) is 1.06. The van der Waals surface area contributed by atoms with E-state index in [1.54, 1.807) is 12.5 Å². The molecule has 1 aliphatic rings. The lowest BCUT2D eigenvalue weighted by molar-refractivity contribution is 0.470. The Labute approximate surface area is 75.4 Å². The Morgan fingerprint density at radius 3 is 3.15 bits per heavy atom. The molecule has 2 nitrogen and oxygen atoms in total. The molecule has 0 unspecified atom stereocenters. The number of furan rings is 1. The first-order valence-corrected chi connectivity index (χ1v) is 4.26. The van der Waals surface area contributed by atoms with Crippen LogP contribution in [0.5, 0.6) is 5.75 Å². The molecule has 13 heavy (non-hydrogen) atoms. The number of fused-ring (bicyclic) bond motifs is 3. The van der Waals surface area contributed by atoms with Gasteiger partial charge in [-0.1, -0.05) is 6.07 Å². The summed E-state index contributed by atoms with van der Waals surface area (Å²) >= 11 is 0. The van der Waals surface area contributed by atoms with E-state index in [1.165, 1.54) is 5.56 Å². The van der Waals surface area contributed by atoms with E-state index >= 15 is 0 Å². The van der Waals surface area contributed by atoms with Crippen molar-refractivity contribution in [2.24, 2.45) is 0 Å². The molecule has 2 heteroatoms. The lowest BCUT2D eigenvalue weighted by Crippen LogP contribution is -1.95. The SMILES string of the molecule is C1=COc2c(ccc3occc23)C1. The van der Waals surface area contributed by atoms with Gasteiger partial charge in [0.05, 0.1) is 17.9 Å². The van der Waals surface area contributed by atoms with E-state index in [2.05, 4.69) is 0 Å². The molecule has 0 saturated carbocycles. The maximum Gasteiger partial charge on any atom is 0.141 e. The third kappa shape index (κ3) is 0.886. The number of rotatable bonds is 0. The summed E-state index contributed by atoms with van der Waals surface area (Å²) in [6.45, 7) is 0. The van der Waals surface area contributed by atoms with Gasteiger partial charge in [-0.25, -0.2) is 0 Å². The van der Waals surface area contributed by atoms with Crippen LogP contribution in [0.1, 0.15) is 5.56 Å². The van der Waals surface area contributed by atoms with Crippen molar-refractivity contribution < 1.29 is 9.15 Å². The smallest absolute Gasteiger partial charge is 0.141 e. The van der Waals surface area contributed by atoms with Gasteiger partial charge in [-0.2, -0.15) is 0 Å². The normalized spacial score (nSPS) is 14.2. The molecule has 0 fully saturated rings. The molecule has 0 aliphatic carbocycles. The van der Waals surface area contributed by atoms with Crippen molar-refractivity contribution >= 4 is 11.0 Å². The fourth-order valence-electron chi connectivity index (χ4n) is 1.65. The molecule has 0 bridgehead atoms. The van der Waals surface area contributed by atoms with Gasteiger partial charge in [0, 0.05) is 0 Å². The highest BCUT2D eigenvalue weighted by Gasteiger charge is 2.11. The van der Waals surface area contributed by atoms with E-state index < -0.39 is 0 Å². The topological polar surface area (TPSA) is 22.4 Å². The fourth-order valence-corrected chi connectivity index (χ4v) is 1.65. The third-order valence-electron chi connectivity index (χ3n) is 2.29. The highest BCUT2D eigenvalue weighted by molar-refractivity contribution is 5.85. The van der Waals surface area contributed by atoms with Crippen LogP contribution in [0.25, 0.3) is 11.0 Å². The summed E-state index contributed by atoms with van der Waals surface area (Å²) in [4.78, 5) is 0. The quantitative estimate of drug-likeness (QED) is 0.609. The van der Waals surface area contributed by atoms with Crippen LogP contribution in [0.15, 0.2) is 41.2 Å². The van der Waals surface area contributed by atoms with Crippen LogP contribution in [0.3, 0.4) is 0 Å². The number of benzene rings is 1. The summed E-state index contributed by atoms with van der Waals surface area (Å²) in [7, 11) is 0. The first-order chi connectivity index (χ1) is 6.45. The fraction of sp³-hybridized carbons (Fsp3) is 0.0909. The third-order valence-corrected chi connectivity index (χ3v) is 2.29. The van der Waals surface area contributed by atoms with Crippen molar-refractivity contribution in [2.45, 2.75) is 6.42 Å². The number of allylic oxidation sites excluding steroid dienone is 1. The predicted molar refractivity (Wildman–Crippen MR) is 49.7 cm³/mol. The van der Waals surface area contributed by atoms with E-state index in [0.29, 0.717) is 0 Å². The molecule has 2 aromatic rings. The van der Waals surface area contributed by atoms with Crippen molar-refractivity contribution in [3.8, 4) is 5.75 Å². The lowest BCUT2D eigenvalue weighted by atomic mass is 10.1. The zero-order chi connectivity index (χ0) is 8.67. The molecular formula is C11H8O2. The van der Waals surface area contributed by atoms with Gasteiger partial charge in [0.1, 0.15) is 11.3 Å². The van der Waals surface area contributed by atoms with Crippen molar-refractivity contribution in [1.82, 2.24) is 0 Å². The minimum absolute atomic E-state index is 0.883. The molecule has 0 spiro atoms. The van der Waals surface area contributed by atoms with Gasteiger partial charge in [0.15, 0.2) is 0 Å². The molecule has 3 rings (SSSR count). The predicted octanol–water partition coefficient (Wildman–Crippen LogP) is 2.88. The average Bonchev–Trinajstić information content (AvgIpc) is 2.65. The summed E-state index contributed by atoms with van der Waals surface area (Å²) in [5.74, 6) is 0.939. The Hall–Kier alpha value is -1.70. The maximum absolute atomic E-state index is 5.45. The Bertz CT molecular complexity index is 480. The largest absolute Gasteiger partial charge is 0.464 e. The zero-order valence-electron chi connectivity index (χ0n) is 6.99. The maximum atomic E-state index is 5.45. The highest BCUT2D eigenvalue weighted by atomic mass is 16.5. The van der Waals surface area contributed by atoms with Crippen LogP contribution in [0.4, 0.5) is 0 Å². The highest BCUT2D eigenvalue weighted by Crippen LogP contribution is 2.33. The van der Waals surface area contributed by atoms with Crippen molar-refractivity contribution in [2.75, 3.05) is 0 Å². The van der Waals surface area contributed by atoms with E-state index in [-0.39, 0.29) is 0 Å². The van der Waals surface area contributed by atoms with E-state index in [0.717, 1.165) is 23.1 Å². The Balaban J connectivity index is 2.38. The van der Waals surface area contributed by atoms with Gasteiger partial charge < -0.3 is 9.15 Å². The number of hydrogen-bond acceptors (Lipinski definition) is 2. The molecule has 1 aliphatic heterocycles. The van der Waals surface area contributed by atoms with Crippen LogP contribution in [0, 0.1) is 0 Å². The molecule has 2 heterocycles. The molecule has 0 radical (unpaired) electrons. The minimum atomic E-state index is 0.883. The Kier molecular flexibility index (Phi) is 1.25. The van der Waals surface area contributed by atoms with Gasteiger partial charge in [-0.15, -0.1) is 0 Å². The zero-order valence-corrected chi connectivity index (χ0v) is 6.99. The lowest BCUT2D eigenvalue weighted by Gasteiger charge is -2.11. The Morgan fingerprint density at radius 2 is 2.15 bits per heavy atom. The van der Waals surface area contributed by atoms with Crippen LogP contribution < -0.4 is 4.74 Å². The summed E-state index contributed by atoms with van der Waals surface area (Å²) in [6.07, 6.45) is 6.37. The molecule has 64 valence electrons. The van der Waals surface area contributed by atoms with Crippen molar-refractivity contribution in [3.63, 3.8) is 0 Å². The molecular weight excluding hydrogens is 164 g/mol.